The first-order valence-corrected chi connectivity index (χ1v) is 8.07. The van der Waals surface area contributed by atoms with Gasteiger partial charge in [-0.2, -0.15) is 0 Å². The highest BCUT2D eigenvalue weighted by atomic mass is 16.5. The molecule has 2 nitrogen and oxygen atoms in total. The normalized spacial score (nSPS) is 20.4. The number of hydrogen-bond acceptors (Lipinski definition) is 2. The number of methoxy groups -OCH3 is 1. The van der Waals surface area contributed by atoms with E-state index in [4.69, 9.17) is 4.74 Å². The lowest BCUT2D eigenvalue weighted by Crippen LogP contribution is -2.44. The first-order chi connectivity index (χ1) is 9.75. The summed E-state index contributed by atoms with van der Waals surface area (Å²) in [5, 5.41) is 3.53. The number of rotatable bonds is 5. The Morgan fingerprint density at radius 3 is 2.45 bits per heavy atom. The lowest BCUT2D eigenvalue weighted by atomic mass is 9.81. The summed E-state index contributed by atoms with van der Waals surface area (Å²) in [6.45, 7) is 2.21. The van der Waals surface area contributed by atoms with Crippen LogP contribution in [-0.4, -0.2) is 19.8 Å². The van der Waals surface area contributed by atoms with Gasteiger partial charge >= 0.3 is 0 Å². The van der Waals surface area contributed by atoms with Gasteiger partial charge in [-0.25, -0.2) is 0 Å². The second-order valence-corrected chi connectivity index (χ2v) is 6.00. The van der Waals surface area contributed by atoms with Crippen molar-refractivity contribution in [3.8, 4) is 0 Å². The van der Waals surface area contributed by atoms with Crippen molar-refractivity contribution >= 4 is 0 Å². The number of likely N-dealkylation sites (N-methyl/N-ethyl adjacent to an activating group) is 1. The fraction of sp³-hybridized carbons (Fsp3) is 0.667. The van der Waals surface area contributed by atoms with Crippen LogP contribution in [0.4, 0.5) is 0 Å². The van der Waals surface area contributed by atoms with E-state index in [-0.39, 0.29) is 11.6 Å². The number of ether oxygens (including phenoxy) is 1. The molecule has 1 atom stereocenters. The van der Waals surface area contributed by atoms with Gasteiger partial charge in [-0.3, -0.25) is 0 Å². The average molecular weight is 275 g/mol. The average Bonchev–Trinajstić information content (AvgIpc) is 2.75. The van der Waals surface area contributed by atoms with Crippen molar-refractivity contribution in [3.63, 3.8) is 0 Å². The predicted molar refractivity (Wildman–Crippen MR) is 85.1 cm³/mol. The zero-order chi connectivity index (χ0) is 14.4. The smallest absolute Gasteiger partial charge is 0.0872 e. The van der Waals surface area contributed by atoms with E-state index in [1.54, 1.807) is 0 Å². The van der Waals surface area contributed by atoms with Gasteiger partial charge in [-0.1, -0.05) is 56.9 Å². The molecular weight excluding hydrogens is 246 g/mol. The highest BCUT2D eigenvalue weighted by Crippen LogP contribution is 2.40. The minimum Gasteiger partial charge on any atom is -0.376 e. The maximum absolute atomic E-state index is 6.08. The van der Waals surface area contributed by atoms with Crippen molar-refractivity contribution in [2.24, 2.45) is 0 Å². The quantitative estimate of drug-likeness (QED) is 0.811. The first kappa shape index (κ1) is 15.5. The molecule has 1 unspecified atom stereocenters. The molecule has 0 spiro atoms. The predicted octanol–water partition coefficient (Wildman–Crippen LogP) is 4.25. The minimum atomic E-state index is -0.0440. The maximum Gasteiger partial charge on any atom is 0.0872 e. The van der Waals surface area contributed by atoms with Crippen LogP contribution >= 0.6 is 0 Å². The molecule has 0 radical (unpaired) electrons. The van der Waals surface area contributed by atoms with Crippen LogP contribution < -0.4 is 5.32 Å². The Hall–Kier alpha value is -0.860. The molecule has 0 aromatic heterocycles. The number of nitrogens with one attached hydrogen (secondary N) is 1. The molecule has 0 bridgehead atoms. The van der Waals surface area contributed by atoms with E-state index in [0.29, 0.717) is 0 Å². The van der Waals surface area contributed by atoms with E-state index in [0.717, 1.165) is 19.3 Å². The van der Waals surface area contributed by atoms with Crippen LogP contribution in [0.25, 0.3) is 0 Å². The van der Waals surface area contributed by atoms with Crippen molar-refractivity contribution in [2.75, 3.05) is 14.2 Å². The second kappa shape index (κ2) is 7.24. The molecule has 0 saturated heterocycles. The molecule has 112 valence electrons. The van der Waals surface area contributed by atoms with E-state index < -0.39 is 0 Å². The SMILES string of the molecule is CCc1cccc(C(NC)C2(OC)CCCCCC2)c1. The van der Waals surface area contributed by atoms with Gasteiger partial charge in [0, 0.05) is 7.11 Å². The number of aryl methyl sites for hydroxylation is 1. The van der Waals surface area contributed by atoms with Gasteiger partial charge in [-0.15, -0.1) is 0 Å². The Morgan fingerprint density at radius 2 is 1.90 bits per heavy atom. The zero-order valence-electron chi connectivity index (χ0n) is 13.2. The van der Waals surface area contributed by atoms with Crippen molar-refractivity contribution in [2.45, 2.75) is 63.5 Å². The molecule has 0 heterocycles. The fourth-order valence-corrected chi connectivity index (χ4v) is 3.66. The van der Waals surface area contributed by atoms with E-state index in [1.165, 1.54) is 36.8 Å². The standard InChI is InChI=1S/C18H29NO/c1-4-15-10-9-11-16(14-15)17(19-2)18(20-3)12-7-5-6-8-13-18/h9-11,14,17,19H,4-8,12-13H2,1-3H3. The van der Waals surface area contributed by atoms with Crippen LogP contribution in [0.1, 0.15) is 62.6 Å². The molecule has 1 aromatic carbocycles. The monoisotopic (exact) mass is 275 g/mol. The molecule has 0 amide bonds. The Labute approximate surface area is 123 Å². The summed E-state index contributed by atoms with van der Waals surface area (Å²) >= 11 is 0. The van der Waals surface area contributed by atoms with Gasteiger partial charge in [0.1, 0.15) is 0 Å². The highest BCUT2D eigenvalue weighted by Gasteiger charge is 2.39. The second-order valence-electron chi connectivity index (χ2n) is 6.00. The molecule has 20 heavy (non-hydrogen) atoms. The van der Waals surface area contributed by atoms with Crippen LogP contribution in [0.5, 0.6) is 0 Å². The Morgan fingerprint density at radius 1 is 1.20 bits per heavy atom. The van der Waals surface area contributed by atoms with Crippen LogP contribution in [0.2, 0.25) is 0 Å². The van der Waals surface area contributed by atoms with Gasteiger partial charge in [0.25, 0.3) is 0 Å². The summed E-state index contributed by atoms with van der Waals surface area (Å²) in [6, 6.07) is 9.26. The molecular formula is C18H29NO. The summed E-state index contributed by atoms with van der Waals surface area (Å²) in [4.78, 5) is 0. The third kappa shape index (κ3) is 3.24. The van der Waals surface area contributed by atoms with E-state index >= 15 is 0 Å². The van der Waals surface area contributed by atoms with Crippen LogP contribution in [0, 0.1) is 0 Å². The van der Waals surface area contributed by atoms with Crippen molar-refractivity contribution in [3.05, 3.63) is 35.4 Å². The molecule has 2 rings (SSSR count). The van der Waals surface area contributed by atoms with E-state index in [9.17, 15) is 0 Å². The summed E-state index contributed by atoms with van der Waals surface area (Å²) < 4.78 is 6.08. The van der Waals surface area contributed by atoms with Crippen molar-refractivity contribution < 1.29 is 4.74 Å². The molecule has 1 fully saturated rings. The molecule has 1 aliphatic rings. The maximum atomic E-state index is 6.08. The van der Waals surface area contributed by atoms with Crippen molar-refractivity contribution in [1.82, 2.24) is 5.32 Å². The first-order valence-electron chi connectivity index (χ1n) is 8.07. The minimum absolute atomic E-state index is 0.0440. The summed E-state index contributed by atoms with van der Waals surface area (Å²) in [7, 11) is 3.95. The molecule has 2 heteroatoms. The Bertz CT molecular complexity index is 408. The van der Waals surface area contributed by atoms with Gasteiger partial charge in [-0.05, 0) is 37.4 Å². The topological polar surface area (TPSA) is 21.3 Å². The zero-order valence-corrected chi connectivity index (χ0v) is 13.2. The molecule has 1 aliphatic carbocycles. The lowest BCUT2D eigenvalue weighted by Gasteiger charge is -2.39. The third-order valence-corrected chi connectivity index (χ3v) is 4.86. The highest BCUT2D eigenvalue weighted by molar-refractivity contribution is 5.28. The van der Waals surface area contributed by atoms with Crippen LogP contribution in [0.15, 0.2) is 24.3 Å². The summed E-state index contributed by atoms with van der Waals surface area (Å²) in [6.07, 6.45) is 8.65. The number of hydrogen-bond donors (Lipinski definition) is 1. The van der Waals surface area contributed by atoms with Crippen molar-refractivity contribution in [1.29, 1.82) is 0 Å². The summed E-state index contributed by atoms with van der Waals surface area (Å²) in [5.41, 5.74) is 2.73. The van der Waals surface area contributed by atoms with E-state index in [1.807, 2.05) is 7.11 Å². The van der Waals surface area contributed by atoms with E-state index in [2.05, 4.69) is 43.6 Å². The molecule has 1 aromatic rings. The molecule has 1 N–H and O–H groups in total. The molecule has 0 aliphatic heterocycles. The van der Waals surface area contributed by atoms with Crippen LogP contribution in [0.3, 0.4) is 0 Å². The summed E-state index contributed by atoms with van der Waals surface area (Å²) in [5.74, 6) is 0. The van der Waals surface area contributed by atoms with Gasteiger partial charge in [0.15, 0.2) is 0 Å². The largest absolute Gasteiger partial charge is 0.376 e. The third-order valence-electron chi connectivity index (χ3n) is 4.86. The van der Waals surface area contributed by atoms with Gasteiger partial charge in [0.05, 0.1) is 11.6 Å². The van der Waals surface area contributed by atoms with Gasteiger partial charge in [0.2, 0.25) is 0 Å². The number of benzene rings is 1. The Kier molecular flexibility index (Phi) is 5.62. The lowest BCUT2D eigenvalue weighted by molar-refractivity contribution is -0.0522. The fourth-order valence-electron chi connectivity index (χ4n) is 3.66. The van der Waals surface area contributed by atoms with Gasteiger partial charge < -0.3 is 10.1 Å². The Balaban J connectivity index is 2.32. The van der Waals surface area contributed by atoms with Crippen LogP contribution in [-0.2, 0) is 11.2 Å². The molecule has 1 saturated carbocycles.